The molecule has 0 saturated heterocycles. The minimum Gasteiger partial charge on any atom is -0.240 e. The van der Waals surface area contributed by atoms with Crippen molar-refractivity contribution in [1.82, 2.24) is 9.78 Å². The lowest BCUT2D eigenvalue weighted by atomic mass is 10.2. The molecule has 2 rings (SSSR count). The van der Waals surface area contributed by atoms with Crippen LogP contribution in [0.15, 0.2) is 41.7 Å². The second-order valence-corrected chi connectivity index (χ2v) is 3.32. The standard InChI is InChI=1S/C11H11N3O/c1-9-6-7-14(13-9)11-5-3-2-4-10(11)8-12-15/h2-7H,8H2,1H3. The van der Waals surface area contributed by atoms with E-state index in [9.17, 15) is 4.91 Å². The largest absolute Gasteiger partial charge is 0.240 e. The van der Waals surface area contributed by atoms with Crippen LogP contribution in [-0.2, 0) is 6.54 Å². The molecule has 0 aliphatic carbocycles. The molecule has 0 bridgehead atoms. The summed E-state index contributed by atoms with van der Waals surface area (Å²) < 4.78 is 1.76. The number of para-hydroxylation sites is 1. The summed E-state index contributed by atoms with van der Waals surface area (Å²) in [5.41, 5.74) is 2.74. The van der Waals surface area contributed by atoms with Crippen molar-refractivity contribution < 1.29 is 0 Å². The van der Waals surface area contributed by atoms with Crippen LogP contribution in [0.4, 0.5) is 0 Å². The molecule has 1 aromatic carbocycles. The van der Waals surface area contributed by atoms with Crippen LogP contribution in [0, 0.1) is 11.8 Å². The Balaban J connectivity index is 2.47. The molecule has 4 heteroatoms. The van der Waals surface area contributed by atoms with Gasteiger partial charge in [-0.15, -0.1) is 0 Å². The van der Waals surface area contributed by atoms with Gasteiger partial charge in [-0.2, -0.15) is 10.0 Å². The zero-order valence-corrected chi connectivity index (χ0v) is 8.42. The number of hydrogen-bond donors (Lipinski definition) is 0. The average molecular weight is 201 g/mol. The topological polar surface area (TPSA) is 47.2 Å². The predicted molar refractivity (Wildman–Crippen MR) is 57.8 cm³/mol. The van der Waals surface area contributed by atoms with Gasteiger partial charge in [0.25, 0.3) is 0 Å². The molecule has 0 aliphatic rings. The van der Waals surface area contributed by atoms with Crippen molar-refractivity contribution in [3.63, 3.8) is 0 Å². The van der Waals surface area contributed by atoms with Gasteiger partial charge in [0.1, 0.15) is 6.54 Å². The highest BCUT2D eigenvalue weighted by Gasteiger charge is 2.04. The van der Waals surface area contributed by atoms with Crippen LogP contribution in [0.25, 0.3) is 5.69 Å². The summed E-state index contributed by atoms with van der Waals surface area (Å²) in [4.78, 5) is 10.3. The molecule has 76 valence electrons. The van der Waals surface area contributed by atoms with Gasteiger partial charge in [0.05, 0.1) is 11.4 Å². The van der Waals surface area contributed by atoms with Gasteiger partial charge in [-0.05, 0) is 19.1 Å². The molecule has 0 saturated carbocycles. The van der Waals surface area contributed by atoms with E-state index < -0.39 is 0 Å². The zero-order chi connectivity index (χ0) is 10.7. The smallest absolute Gasteiger partial charge is 0.108 e. The van der Waals surface area contributed by atoms with Gasteiger partial charge in [0.2, 0.25) is 0 Å². The fourth-order valence-electron chi connectivity index (χ4n) is 1.49. The Morgan fingerprint density at radius 3 is 2.80 bits per heavy atom. The van der Waals surface area contributed by atoms with Crippen molar-refractivity contribution in [3.8, 4) is 5.69 Å². The highest BCUT2D eigenvalue weighted by Crippen LogP contribution is 2.14. The van der Waals surface area contributed by atoms with Crippen molar-refractivity contribution >= 4 is 0 Å². The van der Waals surface area contributed by atoms with E-state index in [2.05, 4.69) is 10.3 Å². The first-order valence-corrected chi connectivity index (χ1v) is 4.71. The number of benzene rings is 1. The summed E-state index contributed by atoms with van der Waals surface area (Å²) in [6, 6.07) is 9.53. The van der Waals surface area contributed by atoms with Crippen molar-refractivity contribution in [3.05, 3.63) is 52.7 Å². The molecule has 0 radical (unpaired) electrons. The molecule has 2 aromatic rings. The minimum absolute atomic E-state index is 0.176. The van der Waals surface area contributed by atoms with Crippen LogP contribution >= 0.6 is 0 Å². The third-order valence-electron chi connectivity index (χ3n) is 2.20. The lowest BCUT2D eigenvalue weighted by molar-refractivity contribution is 0.843. The molecule has 15 heavy (non-hydrogen) atoms. The molecule has 0 aliphatic heterocycles. The van der Waals surface area contributed by atoms with E-state index in [0.717, 1.165) is 16.9 Å². The average Bonchev–Trinajstić information content (AvgIpc) is 2.66. The summed E-state index contributed by atoms with van der Waals surface area (Å²) >= 11 is 0. The van der Waals surface area contributed by atoms with Crippen LogP contribution in [0.5, 0.6) is 0 Å². The third-order valence-corrected chi connectivity index (χ3v) is 2.20. The lowest BCUT2D eigenvalue weighted by Gasteiger charge is -2.05. The Kier molecular flexibility index (Phi) is 2.58. The van der Waals surface area contributed by atoms with Gasteiger partial charge in [-0.3, -0.25) is 0 Å². The molecule has 0 amide bonds. The number of aromatic nitrogens is 2. The van der Waals surface area contributed by atoms with Gasteiger partial charge < -0.3 is 0 Å². The van der Waals surface area contributed by atoms with E-state index in [-0.39, 0.29) is 6.54 Å². The van der Waals surface area contributed by atoms with Crippen LogP contribution in [-0.4, -0.2) is 9.78 Å². The van der Waals surface area contributed by atoms with Crippen LogP contribution < -0.4 is 0 Å². The number of nitroso groups, excluding NO2 is 1. The van der Waals surface area contributed by atoms with Crippen molar-refractivity contribution in [2.24, 2.45) is 5.18 Å². The normalized spacial score (nSPS) is 10.2. The second kappa shape index (κ2) is 4.04. The Bertz CT molecular complexity index is 476. The van der Waals surface area contributed by atoms with Crippen LogP contribution in [0.2, 0.25) is 0 Å². The number of nitrogens with zero attached hydrogens (tertiary/aromatic N) is 3. The highest BCUT2D eigenvalue weighted by molar-refractivity contribution is 5.40. The SMILES string of the molecule is Cc1ccn(-c2ccccc2CN=O)n1. The Morgan fingerprint density at radius 1 is 1.33 bits per heavy atom. The van der Waals surface area contributed by atoms with Gasteiger partial charge in [0, 0.05) is 11.8 Å². The van der Waals surface area contributed by atoms with Crippen LogP contribution in [0.3, 0.4) is 0 Å². The summed E-state index contributed by atoms with van der Waals surface area (Å²) in [5.74, 6) is 0. The van der Waals surface area contributed by atoms with E-state index >= 15 is 0 Å². The molecule has 4 nitrogen and oxygen atoms in total. The quantitative estimate of drug-likeness (QED) is 0.716. The molecule has 0 unspecified atom stereocenters. The first-order chi connectivity index (χ1) is 7.31. The van der Waals surface area contributed by atoms with Crippen molar-refractivity contribution in [2.75, 3.05) is 0 Å². The van der Waals surface area contributed by atoms with Gasteiger partial charge >= 0.3 is 0 Å². The summed E-state index contributed by atoms with van der Waals surface area (Å²) in [6.07, 6.45) is 1.87. The van der Waals surface area contributed by atoms with Gasteiger partial charge in [-0.1, -0.05) is 23.4 Å². The van der Waals surface area contributed by atoms with Crippen molar-refractivity contribution in [2.45, 2.75) is 13.5 Å². The number of aryl methyl sites for hydroxylation is 1. The Morgan fingerprint density at radius 2 is 2.13 bits per heavy atom. The minimum atomic E-state index is 0.176. The van der Waals surface area contributed by atoms with E-state index in [1.807, 2.05) is 43.5 Å². The van der Waals surface area contributed by atoms with Gasteiger partial charge in [0.15, 0.2) is 0 Å². The Labute approximate surface area is 87.5 Å². The maximum Gasteiger partial charge on any atom is 0.108 e. The van der Waals surface area contributed by atoms with Crippen LogP contribution in [0.1, 0.15) is 11.3 Å². The van der Waals surface area contributed by atoms with Gasteiger partial charge in [-0.25, -0.2) is 4.68 Å². The summed E-state index contributed by atoms with van der Waals surface area (Å²) in [7, 11) is 0. The predicted octanol–water partition coefficient (Wildman–Crippen LogP) is 2.45. The van der Waals surface area contributed by atoms with E-state index in [4.69, 9.17) is 0 Å². The highest BCUT2D eigenvalue weighted by atomic mass is 16.3. The first-order valence-electron chi connectivity index (χ1n) is 4.71. The molecule has 1 aromatic heterocycles. The fraction of sp³-hybridized carbons (Fsp3) is 0.182. The fourth-order valence-corrected chi connectivity index (χ4v) is 1.49. The molecule has 1 heterocycles. The Hall–Kier alpha value is -1.97. The molecule has 0 fully saturated rings. The lowest BCUT2D eigenvalue weighted by Crippen LogP contribution is -1.99. The summed E-state index contributed by atoms with van der Waals surface area (Å²) in [6.45, 7) is 2.10. The third kappa shape index (κ3) is 1.93. The molecule has 0 N–H and O–H groups in total. The molecular formula is C11H11N3O. The monoisotopic (exact) mass is 201 g/mol. The summed E-state index contributed by atoms with van der Waals surface area (Å²) in [5, 5.41) is 7.20. The maximum atomic E-state index is 10.3. The van der Waals surface area contributed by atoms with E-state index in [1.165, 1.54) is 0 Å². The molecule has 0 atom stereocenters. The van der Waals surface area contributed by atoms with E-state index in [1.54, 1.807) is 4.68 Å². The first kappa shape index (κ1) is 9.58. The van der Waals surface area contributed by atoms with Crippen molar-refractivity contribution in [1.29, 1.82) is 0 Å². The zero-order valence-electron chi connectivity index (χ0n) is 8.42. The molecular weight excluding hydrogens is 190 g/mol. The van der Waals surface area contributed by atoms with E-state index in [0.29, 0.717) is 0 Å². The molecule has 0 spiro atoms. The number of hydrogen-bond acceptors (Lipinski definition) is 3. The number of rotatable bonds is 3. The maximum absolute atomic E-state index is 10.3. The second-order valence-electron chi connectivity index (χ2n) is 3.32.